The maximum atomic E-state index is 13.0. The highest BCUT2D eigenvalue weighted by atomic mass is 79.9. The van der Waals surface area contributed by atoms with Crippen molar-refractivity contribution in [1.29, 1.82) is 0 Å². The standard InChI is InChI=1S/C11H9BrClF3/c12-6-7-5-8(13)1-2-9(7)10(3-4-10)11(14,15)16/h1-2,5H,3-4,6H2. The van der Waals surface area contributed by atoms with Crippen LogP contribution < -0.4 is 0 Å². The van der Waals surface area contributed by atoms with E-state index in [0.29, 0.717) is 21.5 Å². The fourth-order valence-corrected chi connectivity index (χ4v) is 2.63. The Balaban J connectivity index is 2.49. The fraction of sp³-hybridized carbons (Fsp3) is 0.455. The average molecular weight is 314 g/mol. The highest BCUT2D eigenvalue weighted by Crippen LogP contribution is 2.59. The summed E-state index contributed by atoms with van der Waals surface area (Å²) < 4.78 is 38.9. The van der Waals surface area contributed by atoms with E-state index in [1.807, 2.05) is 0 Å². The lowest BCUT2D eigenvalue weighted by molar-refractivity contribution is -0.160. The van der Waals surface area contributed by atoms with Crippen LogP contribution in [0.25, 0.3) is 0 Å². The summed E-state index contributed by atoms with van der Waals surface area (Å²) in [4.78, 5) is 0. The van der Waals surface area contributed by atoms with E-state index < -0.39 is 11.6 Å². The SMILES string of the molecule is FC(F)(F)C1(c2ccc(Cl)cc2CBr)CC1. The minimum Gasteiger partial charge on any atom is -0.170 e. The Morgan fingerprint density at radius 1 is 1.31 bits per heavy atom. The molecule has 0 spiro atoms. The van der Waals surface area contributed by atoms with Gasteiger partial charge in [0, 0.05) is 10.4 Å². The summed E-state index contributed by atoms with van der Waals surface area (Å²) in [6.07, 6.45) is -3.81. The number of hydrogen-bond acceptors (Lipinski definition) is 0. The van der Waals surface area contributed by atoms with Crippen molar-refractivity contribution < 1.29 is 13.2 Å². The van der Waals surface area contributed by atoms with Gasteiger partial charge in [0.15, 0.2) is 0 Å². The first kappa shape index (κ1) is 12.2. The smallest absolute Gasteiger partial charge is 0.170 e. The lowest BCUT2D eigenvalue weighted by Crippen LogP contribution is -2.29. The van der Waals surface area contributed by atoms with Gasteiger partial charge >= 0.3 is 6.18 Å². The van der Waals surface area contributed by atoms with E-state index in [1.54, 1.807) is 6.07 Å². The van der Waals surface area contributed by atoms with Gasteiger partial charge in [-0.1, -0.05) is 33.6 Å². The highest BCUT2D eigenvalue weighted by Gasteiger charge is 2.64. The molecule has 88 valence electrons. The van der Waals surface area contributed by atoms with Crippen LogP contribution in [0.1, 0.15) is 24.0 Å². The second kappa shape index (κ2) is 3.91. The number of halogens is 5. The Labute approximate surface area is 105 Å². The van der Waals surface area contributed by atoms with Crippen molar-refractivity contribution in [1.82, 2.24) is 0 Å². The van der Waals surface area contributed by atoms with Crippen LogP contribution in [-0.4, -0.2) is 6.18 Å². The molecule has 1 saturated carbocycles. The van der Waals surface area contributed by atoms with E-state index in [1.165, 1.54) is 12.1 Å². The normalized spacial score (nSPS) is 18.6. The van der Waals surface area contributed by atoms with Crippen LogP contribution in [0, 0.1) is 0 Å². The highest BCUT2D eigenvalue weighted by molar-refractivity contribution is 9.08. The van der Waals surface area contributed by atoms with Crippen molar-refractivity contribution in [2.75, 3.05) is 0 Å². The van der Waals surface area contributed by atoms with E-state index in [-0.39, 0.29) is 12.8 Å². The third-order valence-electron chi connectivity index (χ3n) is 3.02. The monoisotopic (exact) mass is 312 g/mol. The lowest BCUT2D eigenvalue weighted by Gasteiger charge is -2.22. The summed E-state index contributed by atoms with van der Waals surface area (Å²) in [7, 11) is 0. The van der Waals surface area contributed by atoms with E-state index in [2.05, 4.69) is 15.9 Å². The van der Waals surface area contributed by atoms with E-state index in [0.717, 1.165) is 0 Å². The van der Waals surface area contributed by atoms with E-state index in [9.17, 15) is 13.2 Å². The molecule has 0 N–H and O–H groups in total. The fourth-order valence-electron chi connectivity index (χ4n) is 1.97. The Morgan fingerprint density at radius 2 is 1.94 bits per heavy atom. The van der Waals surface area contributed by atoms with Gasteiger partial charge < -0.3 is 0 Å². The van der Waals surface area contributed by atoms with Crippen LogP contribution in [0.3, 0.4) is 0 Å². The Morgan fingerprint density at radius 3 is 2.38 bits per heavy atom. The van der Waals surface area contributed by atoms with Gasteiger partial charge in [0.1, 0.15) is 0 Å². The first-order valence-electron chi connectivity index (χ1n) is 4.82. The number of alkyl halides is 4. The first-order chi connectivity index (χ1) is 7.40. The van der Waals surface area contributed by atoms with Gasteiger partial charge in [-0.3, -0.25) is 0 Å². The molecule has 1 aliphatic carbocycles. The van der Waals surface area contributed by atoms with Crippen molar-refractivity contribution in [2.24, 2.45) is 0 Å². The van der Waals surface area contributed by atoms with Crippen LogP contribution in [0.4, 0.5) is 13.2 Å². The number of hydrogen-bond donors (Lipinski definition) is 0. The van der Waals surface area contributed by atoms with Gasteiger partial charge in [-0.2, -0.15) is 13.2 Å². The zero-order chi connectivity index (χ0) is 12.0. The third-order valence-corrected chi connectivity index (χ3v) is 3.86. The summed E-state index contributed by atoms with van der Waals surface area (Å²) in [5.74, 6) is 0. The molecule has 0 amide bonds. The zero-order valence-corrected chi connectivity index (χ0v) is 10.6. The van der Waals surface area contributed by atoms with E-state index >= 15 is 0 Å². The molecule has 0 atom stereocenters. The molecule has 2 rings (SSSR count). The number of benzene rings is 1. The lowest BCUT2D eigenvalue weighted by atomic mass is 9.91. The molecule has 0 saturated heterocycles. The maximum absolute atomic E-state index is 13.0. The molecule has 5 heteroatoms. The first-order valence-corrected chi connectivity index (χ1v) is 6.32. The molecule has 0 bridgehead atoms. The summed E-state index contributed by atoms with van der Waals surface area (Å²) in [5, 5.41) is 0.858. The van der Waals surface area contributed by atoms with Gasteiger partial charge in [0.25, 0.3) is 0 Å². The third kappa shape index (κ3) is 1.86. The minimum absolute atomic E-state index is 0.179. The van der Waals surface area contributed by atoms with Gasteiger partial charge in [-0.25, -0.2) is 0 Å². The Bertz CT molecular complexity index is 410. The van der Waals surface area contributed by atoms with Gasteiger partial charge in [0.2, 0.25) is 0 Å². The van der Waals surface area contributed by atoms with Crippen LogP contribution >= 0.6 is 27.5 Å². The topological polar surface area (TPSA) is 0 Å². The quantitative estimate of drug-likeness (QED) is 0.686. The van der Waals surface area contributed by atoms with Crippen molar-refractivity contribution in [3.05, 3.63) is 34.3 Å². The zero-order valence-electron chi connectivity index (χ0n) is 8.24. The molecule has 1 fully saturated rings. The van der Waals surface area contributed by atoms with Crippen molar-refractivity contribution >= 4 is 27.5 Å². The summed E-state index contributed by atoms with van der Waals surface area (Å²) >= 11 is 8.98. The molecule has 1 aromatic carbocycles. The predicted molar refractivity (Wildman–Crippen MR) is 61.1 cm³/mol. The molecule has 0 aromatic heterocycles. The minimum atomic E-state index is -4.17. The van der Waals surface area contributed by atoms with E-state index in [4.69, 9.17) is 11.6 Å². The van der Waals surface area contributed by atoms with Crippen molar-refractivity contribution in [3.8, 4) is 0 Å². The molecule has 0 unspecified atom stereocenters. The molecule has 0 radical (unpaired) electrons. The second-order valence-electron chi connectivity index (χ2n) is 4.01. The Kier molecular flexibility index (Phi) is 2.99. The molecule has 1 aliphatic rings. The summed E-state index contributed by atoms with van der Waals surface area (Å²) in [6.45, 7) is 0. The van der Waals surface area contributed by atoms with Gasteiger partial charge in [0.05, 0.1) is 5.41 Å². The van der Waals surface area contributed by atoms with Crippen LogP contribution in [0.15, 0.2) is 18.2 Å². The molecule has 1 aromatic rings. The predicted octanol–water partition coefficient (Wildman–Crippen LogP) is 4.83. The van der Waals surface area contributed by atoms with Crippen molar-refractivity contribution in [3.63, 3.8) is 0 Å². The largest absolute Gasteiger partial charge is 0.398 e. The summed E-state index contributed by atoms with van der Waals surface area (Å²) in [5.41, 5.74) is -0.635. The van der Waals surface area contributed by atoms with Gasteiger partial charge in [-0.05, 0) is 36.1 Å². The molecule has 0 aliphatic heterocycles. The van der Waals surface area contributed by atoms with Crippen molar-refractivity contribution in [2.45, 2.75) is 29.8 Å². The summed E-state index contributed by atoms with van der Waals surface area (Å²) in [6, 6.07) is 4.62. The Hall–Kier alpha value is -0.220. The molecular formula is C11H9BrClF3. The molecule has 0 nitrogen and oxygen atoms in total. The van der Waals surface area contributed by atoms with Crippen LogP contribution in [0.5, 0.6) is 0 Å². The molecule has 0 heterocycles. The van der Waals surface area contributed by atoms with Gasteiger partial charge in [-0.15, -0.1) is 0 Å². The second-order valence-corrected chi connectivity index (χ2v) is 5.01. The number of rotatable bonds is 2. The molecule has 16 heavy (non-hydrogen) atoms. The maximum Gasteiger partial charge on any atom is 0.398 e. The average Bonchev–Trinajstić information content (AvgIpc) is 2.97. The van der Waals surface area contributed by atoms with Crippen LogP contribution in [-0.2, 0) is 10.7 Å². The molecular weight excluding hydrogens is 304 g/mol. The van der Waals surface area contributed by atoms with Crippen LogP contribution in [0.2, 0.25) is 5.02 Å².